The Morgan fingerprint density at radius 2 is 1.11 bits per heavy atom. The molecular formula is C37H50BrN3O10P2. The number of aromatic nitrogens is 1. The van der Waals surface area contributed by atoms with Gasteiger partial charge in [0.15, 0.2) is 0 Å². The van der Waals surface area contributed by atoms with Crippen LogP contribution in [0, 0.1) is 11.8 Å². The number of hydrogen-bond donors (Lipinski definition) is 0. The van der Waals surface area contributed by atoms with Crippen molar-refractivity contribution < 1.29 is 46.3 Å². The maximum Gasteiger partial charge on any atom is 0.344 e. The maximum absolute atomic E-state index is 13.6. The Hall–Kier alpha value is -2.95. The summed E-state index contributed by atoms with van der Waals surface area (Å²) in [5.41, 5.74) is 2.34. The summed E-state index contributed by atoms with van der Waals surface area (Å²) >= 11 is 3.62. The number of benzene rings is 2. The monoisotopic (exact) mass is 837 g/mol. The zero-order valence-electron chi connectivity index (χ0n) is 31.3. The second-order valence-corrected chi connectivity index (χ2v) is 16.4. The molecule has 0 amide bonds. The number of esters is 2. The Balaban J connectivity index is 2.15. The highest BCUT2D eigenvalue weighted by atomic mass is 79.9. The van der Waals surface area contributed by atoms with Crippen LogP contribution in [0.2, 0.25) is 0 Å². The van der Waals surface area contributed by atoms with E-state index in [1.165, 1.54) is 0 Å². The van der Waals surface area contributed by atoms with Gasteiger partial charge in [0.05, 0.1) is 64.1 Å². The highest BCUT2D eigenvalue weighted by Gasteiger charge is 2.31. The first-order valence-corrected chi connectivity index (χ1v) is 21.9. The molecule has 0 saturated heterocycles. The second-order valence-electron chi connectivity index (χ2n) is 11.5. The number of carbonyl (C=O) groups is 2. The van der Waals surface area contributed by atoms with Crippen molar-refractivity contribution in [3.63, 3.8) is 0 Å². The van der Waals surface area contributed by atoms with E-state index in [1.54, 1.807) is 63.5 Å². The lowest BCUT2D eigenvalue weighted by Gasteiger charge is -2.27. The fourth-order valence-electron chi connectivity index (χ4n) is 5.46. The SMILES string of the molecule is CCOC(=O)CN(Cc1cc(C#Cc2ccc(Br)c3ccccc23)cc(CN(CC(=O)OCC)CP(=O)(OCC)OCC)n1)CP(=O)(OCC)OCC. The molecule has 0 N–H and O–H groups in total. The average molecular weight is 839 g/mol. The van der Waals surface area contributed by atoms with Crippen LogP contribution >= 0.6 is 31.1 Å². The summed E-state index contributed by atoms with van der Waals surface area (Å²) in [6, 6.07) is 15.4. The van der Waals surface area contributed by atoms with Crippen molar-refractivity contribution in [3.05, 3.63) is 75.5 Å². The van der Waals surface area contributed by atoms with E-state index in [0.717, 1.165) is 20.8 Å². The van der Waals surface area contributed by atoms with Gasteiger partial charge in [-0.05, 0) is 76.6 Å². The molecule has 0 atom stereocenters. The van der Waals surface area contributed by atoms with Gasteiger partial charge < -0.3 is 27.6 Å². The van der Waals surface area contributed by atoms with Crippen molar-refractivity contribution in [1.29, 1.82) is 0 Å². The topological polar surface area (TPSA) is 143 Å². The van der Waals surface area contributed by atoms with Gasteiger partial charge in [0.2, 0.25) is 0 Å². The number of hydrogen-bond acceptors (Lipinski definition) is 13. The van der Waals surface area contributed by atoms with E-state index in [2.05, 4.69) is 27.8 Å². The molecule has 0 aliphatic carbocycles. The van der Waals surface area contributed by atoms with Crippen molar-refractivity contribution in [3.8, 4) is 11.8 Å². The van der Waals surface area contributed by atoms with Crippen LogP contribution in [0.15, 0.2) is 53.0 Å². The van der Waals surface area contributed by atoms with Gasteiger partial charge >= 0.3 is 27.1 Å². The summed E-state index contributed by atoms with van der Waals surface area (Å²) in [6.45, 7) is 10.8. The molecule has 2 aromatic carbocycles. The summed E-state index contributed by atoms with van der Waals surface area (Å²) < 4.78 is 60.8. The van der Waals surface area contributed by atoms with Gasteiger partial charge in [-0.3, -0.25) is 33.5 Å². The van der Waals surface area contributed by atoms with Crippen LogP contribution in [-0.4, -0.2) is 92.0 Å². The molecule has 0 bridgehead atoms. The Morgan fingerprint density at radius 3 is 1.55 bits per heavy atom. The van der Waals surface area contributed by atoms with Crippen LogP contribution in [0.4, 0.5) is 0 Å². The molecule has 13 nitrogen and oxygen atoms in total. The van der Waals surface area contributed by atoms with Crippen LogP contribution in [0.5, 0.6) is 0 Å². The zero-order valence-corrected chi connectivity index (χ0v) is 34.7. The lowest BCUT2D eigenvalue weighted by molar-refractivity contribution is -0.145. The predicted molar refractivity (Wildman–Crippen MR) is 207 cm³/mol. The van der Waals surface area contributed by atoms with Crippen molar-refractivity contribution in [2.45, 2.75) is 54.6 Å². The highest BCUT2D eigenvalue weighted by Crippen LogP contribution is 2.49. The van der Waals surface area contributed by atoms with Gasteiger partial charge in [0.1, 0.15) is 12.6 Å². The minimum Gasteiger partial charge on any atom is -0.465 e. The molecule has 290 valence electrons. The quantitative estimate of drug-likeness (QED) is 0.0558. The van der Waals surface area contributed by atoms with Gasteiger partial charge in [-0.2, -0.15) is 0 Å². The van der Waals surface area contributed by atoms with Crippen LogP contribution < -0.4 is 0 Å². The van der Waals surface area contributed by atoms with Crippen LogP contribution in [0.25, 0.3) is 10.8 Å². The summed E-state index contributed by atoms with van der Waals surface area (Å²) in [7, 11) is -7.27. The summed E-state index contributed by atoms with van der Waals surface area (Å²) in [4.78, 5) is 33.5. The fourth-order valence-corrected chi connectivity index (χ4v) is 9.36. The zero-order chi connectivity index (χ0) is 38.9. The summed E-state index contributed by atoms with van der Waals surface area (Å²) in [6.07, 6.45) is -0.404. The third-order valence-corrected chi connectivity index (χ3v) is 12.1. The Bertz CT molecular complexity index is 1740. The molecule has 0 spiro atoms. The normalized spacial score (nSPS) is 11.9. The highest BCUT2D eigenvalue weighted by molar-refractivity contribution is 9.10. The number of rotatable bonds is 22. The van der Waals surface area contributed by atoms with E-state index in [-0.39, 0.29) is 78.4 Å². The molecule has 0 aliphatic rings. The van der Waals surface area contributed by atoms with E-state index in [4.69, 9.17) is 32.6 Å². The molecule has 16 heteroatoms. The van der Waals surface area contributed by atoms with E-state index >= 15 is 0 Å². The van der Waals surface area contributed by atoms with Crippen molar-refractivity contribution in [2.24, 2.45) is 0 Å². The lowest BCUT2D eigenvalue weighted by Crippen LogP contribution is -2.33. The number of pyridine rings is 1. The smallest absolute Gasteiger partial charge is 0.344 e. The minimum absolute atomic E-state index is 0.0426. The second kappa shape index (κ2) is 22.4. The molecular weight excluding hydrogens is 788 g/mol. The Labute approximate surface area is 321 Å². The van der Waals surface area contributed by atoms with Gasteiger partial charge in [-0.1, -0.05) is 52.0 Å². The van der Waals surface area contributed by atoms with Crippen LogP contribution in [0.3, 0.4) is 0 Å². The van der Waals surface area contributed by atoms with Crippen molar-refractivity contribution in [1.82, 2.24) is 14.8 Å². The van der Waals surface area contributed by atoms with Crippen molar-refractivity contribution >= 4 is 53.8 Å². The standard InChI is InChI=1S/C37H50BrN3O10P2/c1-7-46-36(42)25-40(27-52(44,48-9-3)49-10-4)23-31-21-29(17-18-30-19-20-35(38)34-16-14-13-15-33(30)34)22-32(39-31)24-41(26-37(43)47-8-2)28-53(45,50-11-5)51-12-6/h13-16,19-22H,7-12,23-28H2,1-6H3. The minimum atomic E-state index is -3.63. The van der Waals surface area contributed by atoms with E-state index in [9.17, 15) is 18.7 Å². The molecule has 53 heavy (non-hydrogen) atoms. The summed E-state index contributed by atoms with van der Waals surface area (Å²) in [5, 5.41) is 1.98. The number of ether oxygens (including phenoxy) is 2. The molecule has 0 aliphatic heterocycles. The lowest BCUT2D eigenvalue weighted by atomic mass is 10.0. The number of fused-ring (bicyclic) bond motifs is 1. The van der Waals surface area contributed by atoms with Gasteiger partial charge in [-0.25, -0.2) is 0 Å². The number of halogens is 1. The van der Waals surface area contributed by atoms with E-state index in [0.29, 0.717) is 17.0 Å². The Kier molecular flexibility index (Phi) is 18.8. The fraction of sp³-hybridized carbons (Fsp3) is 0.486. The number of nitrogens with zero attached hydrogens (tertiary/aromatic N) is 3. The molecule has 0 fully saturated rings. The maximum atomic E-state index is 13.6. The largest absolute Gasteiger partial charge is 0.465 e. The molecule has 0 saturated carbocycles. The van der Waals surface area contributed by atoms with Crippen molar-refractivity contribution in [2.75, 3.05) is 65.3 Å². The molecule has 0 radical (unpaired) electrons. The first kappa shape index (κ1) is 44.4. The number of carbonyl (C=O) groups excluding carboxylic acids is 2. The summed E-state index contributed by atoms with van der Waals surface area (Å²) in [5.74, 6) is 5.52. The third-order valence-electron chi connectivity index (χ3n) is 7.28. The molecule has 3 aromatic rings. The first-order valence-electron chi connectivity index (χ1n) is 17.6. The molecule has 1 heterocycles. The van der Waals surface area contributed by atoms with Crippen LogP contribution in [0.1, 0.15) is 64.1 Å². The molecule has 3 rings (SSSR count). The van der Waals surface area contributed by atoms with E-state index < -0.39 is 27.1 Å². The van der Waals surface area contributed by atoms with Gasteiger partial charge in [0.25, 0.3) is 0 Å². The molecule has 0 unspecified atom stereocenters. The van der Waals surface area contributed by atoms with Gasteiger partial charge in [-0.15, -0.1) is 0 Å². The van der Waals surface area contributed by atoms with Crippen LogP contribution in [-0.2, 0) is 59.4 Å². The molecule has 1 aromatic heterocycles. The van der Waals surface area contributed by atoms with E-state index in [1.807, 2.05) is 36.4 Å². The average Bonchev–Trinajstić information content (AvgIpc) is 3.08. The first-order chi connectivity index (χ1) is 25.4. The Morgan fingerprint density at radius 1 is 0.660 bits per heavy atom. The predicted octanol–water partition coefficient (Wildman–Crippen LogP) is 7.57. The third kappa shape index (κ3) is 14.7. The van der Waals surface area contributed by atoms with Gasteiger partial charge in [0, 0.05) is 28.7 Å².